The number of likely N-dealkylation sites (N-methyl/N-ethyl adjacent to an activating group) is 2. The Labute approximate surface area is 348 Å². The van der Waals surface area contributed by atoms with Crippen molar-refractivity contribution in [2.45, 2.75) is 124 Å². The minimum Gasteiger partial charge on any atom is -0.458 e. The highest BCUT2D eigenvalue weighted by Gasteiger charge is 2.45. The molecule has 1 unspecified atom stereocenters. The molecular weight excluding hydrogens is 761 g/mol. The van der Waals surface area contributed by atoms with Gasteiger partial charge in [-0.25, -0.2) is 9.59 Å². The van der Waals surface area contributed by atoms with Gasteiger partial charge in [0.15, 0.2) is 0 Å². The summed E-state index contributed by atoms with van der Waals surface area (Å²) < 4.78 is 11.1. The molecule has 0 saturated carbocycles. The number of nitrogens with zero attached hydrogens (tertiary/aromatic N) is 3. The highest BCUT2D eigenvalue weighted by atomic mass is 16.6. The fraction of sp³-hybridized carbons (Fsp3) is 0.581. The van der Waals surface area contributed by atoms with Crippen molar-refractivity contribution in [3.8, 4) is 0 Å². The van der Waals surface area contributed by atoms with Gasteiger partial charge in [-0.2, -0.15) is 0 Å². The lowest BCUT2D eigenvalue weighted by molar-refractivity contribution is -0.159. The van der Waals surface area contributed by atoms with E-state index in [-0.39, 0.29) is 25.2 Å². The molecule has 2 rings (SSSR count). The Bertz CT molecular complexity index is 1780. The molecule has 1 heterocycles. The molecule has 0 radical (unpaired) electrons. The topological polar surface area (TPSA) is 201 Å². The minimum atomic E-state index is -1.39. The third-order valence-electron chi connectivity index (χ3n) is 9.27. The zero-order valence-electron chi connectivity index (χ0n) is 37.1. The second-order valence-corrected chi connectivity index (χ2v) is 18.3. The summed E-state index contributed by atoms with van der Waals surface area (Å²) in [7, 11) is 3.00. The standard InChI is InChI=1S/C43H64N6O10/c1-27(35(53)45-29(38(56)58-41(5,6)7)26-30(50)44-23-25-49-31(51)20-21-32(49)52)22-24-47(13)37(55)33(40(2,3)4)46-36(54)34(48(14)39(57)59-42(8,9)10)43(11,12)28-18-16-15-17-19-28/h15-22,29,33-34H,23-26H2,1-14H3,(H,44,50)(H,45,53)(H,46,54)/b27-22+/t29-,33?,34-/m1/s1. The second-order valence-electron chi connectivity index (χ2n) is 18.3. The summed E-state index contributed by atoms with van der Waals surface area (Å²) in [6, 6.07) is 5.68. The highest BCUT2D eigenvalue weighted by Crippen LogP contribution is 2.32. The van der Waals surface area contributed by atoms with Gasteiger partial charge in [-0.1, -0.05) is 71.0 Å². The predicted molar refractivity (Wildman–Crippen MR) is 221 cm³/mol. The van der Waals surface area contributed by atoms with Crippen LogP contribution in [-0.2, 0) is 48.5 Å². The van der Waals surface area contributed by atoms with Crippen molar-refractivity contribution in [3.05, 3.63) is 59.7 Å². The molecule has 0 bridgehead atoms. The normalized spacial score (nSPS) is 15.2. The van der Waals surface area contributed by atoms with Crippen LogP contribution >= 0.6 is 0 Å². The summed E-state index contributed by atoms with van der Waals surface area (Å²) in [5, 5.41) is 8.01. The van der Waals surface area contributed by atoms with Crippen molar-refractivity contribution >= 4 is 47.5 Å². The van der Waals surface area contributed by atoms with E-state index < -0.39 is 94.1 Å². The zero-order valence-corrected chi connectivity index (χ0v) is 37.1. The monoisotopic (exact) mass is 824 g/mol. The Morgan fingerprint density at radius 3 is 1.85 bits per heavy atom. The average Bonchev–Trinajstić information content (AvgIpc) is 3.42. The largest absolute Gasteiger partial charge is 0.458 e. The molecule has 59 heavy (non-hydrogen) atoms. The fourth-order valence-electron chi connectivity index (χ4n) is 6.05. The van der Waals surface area contributed by atoms with Crippen LogP contribution in [0.25, 0.3) is 0 Å². The number of nitrogens with one attached hydrogen (secondary N) is 3. The minimum absolute atomic E-state index is 0.0718. The molecule has 0 aromatic heterocycles. The van der Waals surface area contributed by atoms with E-state index in [0.29, 0.717) is 0 Å². The molecule has 16 heteroatoms. The first-order valence-corrected chi connectivity index (χ1v) is 19.5. The number of benzene rings is 1. The molecule has 0 spiro atoms. The Balaban J connectivity index is 2.26. The first kappa shape index (κ1) is 49.6. The van der Waals surface area contributed by atoms with Gasteiger partial charge in [0.1, 0.15) is 29.3 Å². The highest BCUT2D eigenvalue weighted by molar-refractivity contribution is 6.12. The summed E-state index contributed by atoms with van der Waals surface area (Å²) in [5.41, 5.74) is -2.60. The number of carbonyl (C=O) groups is 8. The van der Waals surface area contributed by atoms with Gasteiger partial charge in [0.25, 0.3) is 11.8 Å². The lowest BCUT2D eigenvalue weighted by Crippen LogP contribution is -2.62. The Morgan fingerprint density at radius 2 is 1.34 bits per heavy atom. The number of amides is 7. The zero-order chi connectivity index (χ0) is 45.3. The van der Waals surface area contributed by atoms with E-state index in [9.17, 15) is 38.4 Å². The van der Waals surface area contributed by atoms with E-state index in [0.717, 1.165) is 22.6 Å². The molecule has 3 N–H and O–H groups in total. The van der Waals surface area contributed by atoms with Gasteiger partial charge in [0.2, 0.25) is 23.6 Å². The maximum Gasteiger partial charge on any atom is 0.410 e. The Morgan fingerprint density at radius 1 is 0.797 bits per heavy atom. The van der Waals surface area contributed by atoms with E-state index >= 15 is 0 Å². The fourth-order valence-corrected chi connectivity index (χ4v) is 6.05. The van der Waals surface area contributed by atoms with E-state index in [4.69, 9.17) is 9.47 Å². The average molecular weight is 825 g/mol. The van der Waals surface area contributed by atoms with Gasteiger partial charge in [-0.15, -0.1) is 0 Å². The molecule has 1 aromatic rings. The van der Waals surface area contributed by atoms with Crippen molar-refractivity contribution in [1.82, 2.24) is 30.7 Å². The number of imide groups is 1. The Kier molecular flexibility index (Phi) is 16.8. The molecule has 3 atom stereocenters. The van der Waals surface area contributed by atoms with Gasteiger partial charge < -0.3 is 30.3 Å². The van der Waals surface area contributed by atoms with E-state index in [1.807, 2.05) is 44.2 Å². The van der Waals surface area contributed by atoms with Gasteiger partial charge in [-0.05, 0) is 59.4 Å². The van der Waals surface area contributed by atoms with Gasteiger partial charge >= 0.3 is 12.1 Å². The first-order chi connectivity index (χ1) is 27.0. The SMILES string of the molecule is C/C(=C\CN(C)C(=O)C(NC(=O)[C@@H](N(C)C(=O)OC(C)(C)C)C(C)(C)c1ccccc1)C(C)(C)C)C(=O)N[C@H](CC(=O)NCCN1C(=O)C=CC1=O)C(=O)OC(C)(C)C. The molecule has 326 valence electrons. The van der Waals surface area contributed by atoms with Crippen molar-refractivity contribution in [2.75, 3.05) is 33.7 Å². The van der Waals surface area contributed by atoms with Crippen LogP contribution in [0.3, 0.4) is 0 Å². The molecule has 1 aliphatic rings. The maximum absolute atomic E-state index is 14.4. The quantitative estimate of drug-likeness (QED) is 0.126. The molecule has 16 nitrogen and oxygen atoms in total. The predicted octanol–water partition coefficient (Wildman–Crippen LogP) is 3.39. The van der Waals surface area contributed by atoms with Crippen molar-refractivity contribution in [3.63, 3.8) is 0 Å². The van der Waals surface area contributed by atoms with Gasteiger partial charge in [0.05, 0.1) is 6.42 Å². The third kappa shape index (κ3) is 15.0. The molecular formula is C43H64N6O10. The van der Waals surface area contributed by atoms with Crippen molar-refractivity contribution in [2.24, 2.45) is 5.41 Å². The molecule has 0 aliphatic carbocycles. The van der Waals surface area contributed by atoms with E-state index in [1.54, 1.807) is 62.3 Å². The number of carbonyl (C=O) groups excluding carboxylic acids is 8. The lowest BCUT2D eigenvalue weighted by Gasteiger charge is -2.42. The molecule has 0 saturated heterocycles. The van der Waals surface area contributed by atoms with Crippen LogP contribution in [0.4, 0.5) is 4.79 Å². The smallest absolute Gasteiger partial charge is 0.410 e. The number of rotatable bonds is 16. The summed E-state index contributed by atoms with van der Waals surface area (Å²) in [6.45, 7) is 20.4. The first-order valence-electron chi connectivity index (χ1n) is 19.5. The van der Waals surface area contributed by atoms with E-state index in [2.05, 4.69) is 16.0 Å². The number of esters is 1. The summed E-state index contributed by atoms with van der Waals surface area (Å²) >= 11 is 0. The summed E-state index contributed by atoms with van der Waals surface area (Å²) in [5.74, 6) is -4.25. The van der Waals surface area contributed by atoms with E-state index in [1.165, 1.54) is 36.9 Å². The van der Waals surface area contributed by atoms with Crippen LogP contribution in [0.2, 0.25) is 0 Å². The Hall–Kier alpha value is -5.54. The van der Waals surface area contributed by atoms with Crippen molar-refractivity contribution < 1.29 is 47.8 Å². The van der Waals surface area contributed by atoms with Crippen LogP contribution in [0, 0.1) is 5.41 Å². The number of ether oxygens (including phenoxy) is 2. The summed E-state index contributed by atoms with van der Waals surface area (Å²) in [4.78, 5) is 108. The molecule has 0 fully saturated rings. The number of hydrogen-bond donors (Lipinski definition) is 3. The molecule has 7 amide bonds. The van der Waals surface area contributed by atoms with Crippen LogP contribution in [-0.4, -0.2) is 125 Å². The van der Waals surface area contributed by atoms with Crippen molar-refractivity contribution in [1.29, 1.82) is 0 Å². The van der Waals surface area contributed by atoms with Crippen LogP contribution in [0.15, 0.2) is 54.1 Å². The van der Waals surface area contributed by atoms with Gasteiger partial charge in [0, 0.05) is 56.9 Å². The second kappa shape index (κ2) is 19.9. The third-order valence-corrected chi connectivity index (χ3v) is 9.27. The van der Waals surface area contributed by atoms with Crippen LogP contribution < -0.4 is 16.0 Å². The molecule has 1 aliphatic heterocycles. The van der Waals surface area contributed by atoms with Crippen LogP contribution in [0.1, 0.15) is 95.1 Å². The van der Waals surface area contributed by atoms with Gasteiger partial charge in [-0.3, -0.25) is 38.6 Å². The van der Waals surface area contributed by atoms with Crippen LogP contribution in [0.5, 0.6) is 0 Å². The summed E-state index contributed by atoms with van der Waals surface area (Å²) in [6.07, 6.45) is 2.51. The maximum atomic E-state index is 14.4. The molecule has 1 aromatic carbocycles. The lowest BCUT2D eigenvalue weighted by atomic mass is 9.76. The number of hydrogen-bond acceptors (Lipinski definition) is 10.